The average Bonchev–Trinajstić information content (AvgIpc) is 3.34. The molecule has 2 fully saturated rings. The first-order chi connectivity index (χ1) is 15.2. The predicted molar refractivity (Wildman–Crippen MR) is 126 cm³/mol. The fraction of sp³-hybridized carbons (Fsp3) is 0.462. The molecule has 0 unspecified atom stereocenters. The lowest BCUT2D eigenvalue weighted by molar-refractivity contribution is -0.116. The van der Waals surface area contributed by atoms with Crippen LogP contribution in [0.15, 0.2) is 48.5 Å². The van der Waals surface area contributed by atoms with Gasteiger partial charge in [-0.2, -0.15) is 0 Å². The Morgan fingerprint density at radius 2 is 1.65 bits per heavy atom. The maximum Gasteiger partial charge on any atom is 0.253 e. The van der Waals surface area contributed by atoms with E-state index in [-0.39, 0.29) is 17.9 Å². The number of nitrogens with zero attached hydrogens (tertiary/aromatic N) is 1. The summed E-state index contributed by atoms with van der Waals surface area (Å²) < 4.78 is 0. The summed E-state index contributed by atoms with van der Waals surface area (Å²) in [6, 6.07) is 16.1. The van der Waals surface area contributed by atoms with Crippen LogP contribution in [0.3, 0.4) is 0 Å². The molecular formula is C26H33N3O2. The van der Waals surface area contributed by atoms with E-state index >= 15 is 0 Å². The molecule has 0 atom stereocenters. The fourth-order valence-electron chi connectivity index (χ4n) is 4.67. The maximum absolute atomic E-state index is 13.2. The molecule has 31 heavy (non-hydrogen) atoms. The van der Waals surface area contributed by atoms with Gasteiger partial charge in [0.2, 0.25) is 5.91 Å². The molecule has 2 amide bonds. The van der Waals surface area contributed by atoms with Crippen LogP contribution in [0.4, 0.5) is 11.4 Å². The number of carbonyl (C=O) groups excluding carboxylic acids is 2. The lowest BCUT2D eigenvalue weighted by Crippen LogP contribution is -2.37. The molecule has 1 saturated carbocycles. The summed E-state index contributed by atoms with van der Waals surface area (Å²) in [5.74, 6) is -0.0504. The molecule has 2 aromatic carbocycles. The first-order valence-electron chi connectivity index (χ1n) is 11.7. The minimum atomic E-state index is -0.0311. The van der Waals surface area contributed by atoms with Gasteiger partial charge in [0, 0.05) is 36.9 Å². The Labute approximate surface area is 185 Å². The van der Waals surface area contributed by atoms with Crippen LogP contribution < -0.4 is 15.5 Å². The molecule has 0 spiro atoms. The summed E-state index contributed by atoms with van der Waals surface area (Å²) in [5, 5.41) is 6.24. The highest BCUT2D eigenvalue weighted by atomic mass is 16.2. The number of carbonyl (C=O) groups is 2. The van der Waals surface area contributed by atoms with Gasteiger partial charge in [0.1, 0.15) is 0 Å². The number of hydrogen-bond donors (Lipinski definition) is 2. The molecule has 1 aliphatic carbocycles. The minimum Gasteiger partial charge on any atom is -0.371 e. The predicted octanol–water partition coefficient (Wildman–Crippen LogP) is 4.92. The standard InChI is InChI=1S/C26H33N3O2/c30-25(16-13-20-9-3-1-4-10-20)27-22-14-15-24(29-17-7-8-18-29)23(19-22)26(31)28-21-11-5-2-6-12-21/h1,3-4,9-10,14-15,19,21H,2,5-8,11-13,16-18H2,(H,27,30)(H,28,31). The zero-order valence-electron chi connectivity index (χ0n) is 18.2. The molecule has 5 heteroatoms. The third-order valence-electron chi connectivity index (χ3n) is 6.40. The van der Waals surface area contributed by atoms with E-state index in [1.165, 1.54) is 19.3 Å². The number of anilines is 2. The van der Waals surface area contributed by atoms with Crippen molar-refractivity contribution < 1.29 is 9.59 Å². The zero-order chi connectivity index (χ0) is 21.5. The van der Waals surface area contributed by atoms with Crippen LogP contribution in [-0.2, 0) is 11.2 Å². The Kier molecular flexibility index (Phi) is 7.23. The number of amides is 2. The summed E-state index contributed by atoms with van der Waals surface area (Å²) in [4.78, 5) is 28.0. The van der Waals surface area contributed by atoms with Crippen LogP contribution in [0.1, 0.15) is 67.3 Å². The van der Waals surface area contributed by atoms with Crippen LogP contribution in [0.2, 0.25) is 0 Å². The van der Waals surface area contributed by atoms with Gasteiger partial charge >= 0.3 is 0 Å². The molecule has 1 saturated heterocycles. The van der Waals surface area contributed by atoms with Gasteiger partial charge in [-0.3, -0.25) is 9.59 Å². The van der Waals surface area contributed by atoms with Crippen molar-refractivity contribution in [1.82, 2.24) is 5.32 Å². The SMILES string of the molecule is O=C(CCc1ccccc1)Nc1ccc(N2CCCC2)c(C(=O)NC2CCCCC2)c1. The molecule has 1 heterocycles. The lowest BCUT2D eigenvalue weighted by Gasteiger charge is -2.25. The Bertz CT molecular complexity index is 885. The van der Waals surface area contributed by atoms with E-state index in [2.05, 4.69) is 15.5 Å². The monoisotopic (exact) mass is 419 g/mol. The largest absolute Gasteiger partial charge is 0.371 e. The normalized spacial score (nSPS) is 16.8. The highest BCUT2D eigenvalue weighted by Gasteiger charge is 2.23. The second-order valence-corrected chi connectivity index (χ2v) is 8.77. The Morgan fingerprint density at radius 1 is 0.903 bits per heavy atom. The van der Waals surface area contributed by atoms with Gasteiger partial charge in [-0.15, -0.1) is 0 Å². The van der Waals surface area contributed by atoms with E-state index in [0.717, 1.165) is 50.0 Å². The van der Waals surface area contributed by atoms with Crippen LogP contribution in [0, 0.1) is 0 Å². The van der Waals surface area contributed by atoms with Crippen molar-refractivity contribution in [2.24, 2.45) is 0 Å². The van der Waals surface area contributed by atoms with Crippen molar-refractivity contribution >= 4 is 23.2 Å². The molecular weight excluding hydrogens is 386 g/mol. The third kappa shape index (κ3) is 5.87. The number of aryl methyl sites for hydroxylation is 1. The number of benzene rings is 2. The van der Waals surface area contributed by atoms with Crippen LogP contribution >= 0.6 is 0 Å². The fourth-order valence-corrected chi connectivity index (χ4v) is 4.67. The summed E-state index contributed by atoms with van der Waals surface area (Å²) in [5.41, 5.74) is 3.49. The summed E-state index contributed by atoms with van der Waals surface area (Å²) in [6.45, 7) is 1.96. The zero-order valence-corrected chi connectivity index (χ0v) is 18.2. The van der Waals surface area contributed by atoms with Crippen LogP contribution in [0.25, 0.3) is 0 Å². The van der Waals surface area contributed by atoms with E-state index in [9.17, 15) is 9.59 Å². The topological polar surface area (TPSA) is 61.4 Å². The smallest absolute Gasteiger partial charge is 0.253 e. The summed E-state index contributed by atoms with van der Waals surface area (Å²) >= 11 is 0. The molecule has 164 valence electrons. The van der Waals surface area contributed by atoms with Crippen LogP contribution in [-0.4, -0.2) is 30.9 Å². The van der Waals surface area contributed by atoms with Crippen molar-refractivity contribution in [2.45, 2.75) is 63.8 Å². The summed E-state index contributed by atoms with van der Waals surface area (Å²) in [7, 11) is 0. The van der Waals surface area contributed by atoms with Crippen molar-refractivity contribution in [2.75, 3.05) is 23.3 Å². The average molecular weight is 420 g/mol. The van der Waals surface area contributed by atoms with Gasteiger partial charge in [0.05, 0.1) is 5.56 Å². The number of nitrogens with one attached hydrogen (secondary N) is 2. The molecule has 4 rings (SSSR count). The number of hydrogen-bond acceptors (Lipinski definition) is 3. The highest BCUT2D eigenvalue weighted by molar-refractivity contribution is 6.02. The molecule has 2 aliphatic rings. The van der Waals surface area contributed by atoms with Gasteiger partial charge < -0.3 is 15.5 Å². The van der Waals surface area contributed by atoms with Crippen molar-refractivity contribution in [3.05, 3.63) is 59.7 Å². The van der Waals surface area contributed by atoms with Crippen LogP contribution in [0.5, 0.6) is 0 Å². The molecule has 0 aromatic heterocycles. The summed E-state index contributed by atoms with van der Waals surface area (Å²) in [6.07, 6.45) is 9.17. The first-order valence-corrected chi connectivity index (χ1v) is 11.7. The van der Waals surface area contributed by atoms with E-state index in [1.54, 1.807) is 0 Å². The van der Waals surface area contributed by atoms with Crippen molar-refractivity contribution in [3.63, 3.8) is 0 Å². The minimum absolute atomic E-state index is 0.0193. The Morgan fingerprint density at radius 3 is 2.39 bits per heavy atom. The van der Waals surface area contributed by atoms with Crippen molar-refractivity contribution in [3.8, 4) is 0 Å². The van der Waals surface area contributed by atoms with Gasteiger partial charge in [0.25, 0.3) is 5.91 Å². The van der Waals surface area contributed by atoms with E-state index in [1.807, 2.05) is 48.5 Å². The second kappa shape index (κ2) is 10.5. The third-order valence-corrected chi connectivity index (χ3v) is 6.40. The molecule has 1 aliphatic heterocycles. The molecule has 2 N–H and O–H groups in total. The van der Waals surface area contributed by atoms with Gasteiger partial charge in [-0.25, -0.2) is 0 Å². The maximum atomic E-state index is 13.2. The molecule has 2 aromatic rings. The first kappa shape index (κ1) is 21.4. The van der Waals surface area contributed by atoms with E-state index in [4.69, 9.17) is 0 Å². The Hall–Kier alpha value is -2.82. The second-order valence-electron chi connectivity index (χ2n) is 8.77. The van der Waals surface area contributed by atoms with Crippen molar-refractivity contribution in [1.29, 1.82) is 0 Å². The molecule has 5 nitrogen and oxygen atoms in total. The Balaban J connectivity index is 1.45. The lowest BCUT2D eigenvalue weighted by atomic mass is 9.95. The quantitative estimate of drug-likeness (QED) is 0.670. The van der Waals surface area contributed by atoms with Gasteiger partial charge in [0.15, 0.2) is 0 Å². The molecule has 0 bridgehead atoms. The highest BCUT2D eigenvalue weighted by Crippen LogP contribution is 2.28. The van der Waals surface area contributed by atoms with Gasteiger partial charge in [-0.05, 0) is 55.9 Å². The number of rotatable bonds is 7. The molecule has 0 radical (unpaired) electrons. The van der Waals surface area contributed by atoms with E-state index in [0.29, 0.717) is 24.1 Å². The van der Waals surface area contributed by atoms with Gasteiger partial charge in [-0.1, -0.05) is 49.6 Å². The van der Waals surface area contributed by atoms with E-state index < -0.39 is 0 Å².